The molecule has 0 aliphatic heterocycles. The van der Waals surface area contributed by atoms with E-state index in [4.69, 9.17) is 20.4 Å². The average Bonchev–Trinajstić information content (AvgIpc) is 2.45. The summed E-state index contributed by atoms with van der Waals surface area (Å²) in [6, 6.07) is 3.32. The van der Waals surface area contributed by atoms with Gasteiger partial charge in [0.05, 0.1) is 18.8 Å². The minimum Gasteiger partial charge on any atom is -0.409 e. The van der Waals surface area contributed by atoms with Crippen molar-refractivity contribution in [1.82, 2.24) is 4.57 Å². The lowest BCUT2D eigenvalue weighted by molar-refractivity contribution is 0.0679. The van der Waals surface area contributed by atoms with E-state index in [1.54, 1.807) is 23.8 Å². The number of aryl methyl sites for hydroxylation is 1. The number of amidine groups is 1. The molecule has 1 aromatic heterocycles. The van der Waals surface area contributed by atoms with Crippen molar-refractivity contribution < 1.29 is 14.7 Å². The summed E-state index contributed by atoms with van der Waals surface area (Å²) < 4.78 is 11.8. The molecule has 20 heavy (non-hydrogen) atoms. The van der Waals surface area contributed by atoms with Gasteiger partial charge in [-0.05, 0) is 25.5 Å². The van der Waals surface area contributed by atoms with Gasteiger partial charge in [-0.3, -0.25) is 4.79 Å². The number of methoxy groups -OCH3 is 1. The molecular formula is C13H21N3O4. The number of nitrogens with zero attached hydrogens (tertiary/aromatic N) is 2. The van der Waals surface area contributed by atoms with E-state index in [0.717, 1.165) is 5.69 Å². The number of hydrogen-bond donors (Lipinski definition) is 2. The molecule has 7 nitrogen and oxygen atoms in total. The first kappa shape index (κ1) is 16.2. The van der Waals surface area contributed by atoms with Gasteiger partial charge in [0, 0.05) is 26.0 Å². The molecule has 0 aliphatic rings. The maximum atomic E-state index is 12.2. The largest absolute Gasteiger partial charge is 0.409 e. The van der Waals surface area contributed by atoms with E-state index in [9.17, 15) is 4.79 Å². The van der Waals surface area contributed by atoms with Crippen LogP contribution in [0, 0.1) is 6.92 Å². The van der Waals surface area contributed by atoms with Crippen molar-refractivity contribution in [3.05, 3.63) is 33.7 Å². The molecule has 1 heterocycles. The SMILES string of the molecule is COCCOCCCn1c(C)ccc(/C(N)=N/O)c1=O. The van der Waals surface area contributed by atoms with Crippen LogP contribution in [0.25, 0.3) is 0 Å². The molecule has 7 heteroatoms. The summed E-state index contributed by atoms with van der Waals surface area (Å²) in [6.07, 6.45) is 0.698. The van der Waals surface area contributed by atoms with Crippen LogP contribution in [0.3, 0.4) is 0 Å². The van der Waals surface area contributed by atoms with Crippen molar-refractivity contribution in [3.63, 3.8) is 0 Å². The quantitative estimate of drug-likeness (QED) is 0.235. The second-order valence-corrected chi connectivity index (χ2v) is 4.29. The summed E-state index contributed by atoms with van der Waals surface area (Å²) in [5.41, 5.74) is 6.22. The van der Waals surface area contributed by atoms with E-state index in [2.05, 4.69) is 5.16 Å². The van der Waals surface area contributed by atoms with E-state index in [1.165, 1.54) is 0 Å². The van der Waals surface area contributed by atoms with E-state index in [-0.39, 0.29) is 17.0 Å². The van der Waals surface area contributed by atoms with E-state index < -0.39 is 0 Å². The van der Waals surface area contributed by atoms with Gasteiger partial charge in [0.25, 0.3) is 5.56 Å². The minimum atomic E-state index is -0.266. The first-order chi connectivity index (χ1) is 9.61. The van der Waals surface area contributed by atoms with Gasteiger partial charge < -0.3 is 25.0 Å². The molecule has 0 unspecified atom stereocenters. The summed E-state index contributed by atoms with van der Waals surface area (Å²) in [6.45, 7) is 3.99. The highest BCUT2D eigenvalue weighted by Crippen LogP contribution is 2.00. The fraction of sp³-hybridized carbons (Fsp3) is 0.538. The fourth-order valence-electron chi connectivity index (χ4n) is 1.77. The van der Waals surface area contributed by atoms with Crippen LogP contribution >= 0.6 is 0 Å². The Morgan fingerprint density at radius 2 is 2.15 bits per heavy atom. The molecule has 1 aromatic rings. The Balaban J connectivity index is 2.68. The molecule has 0 bridgehead atoms. The van der Waals surface area contributed by atoms with Crippen molar-refractivity contribution in [2.45, 2.75) is 19.9 Å². The Kier molecular flexibility index (Phi) is 6.75. The van der Waals surface area contributed by atoms with Crippen LogP contribution in [-0.4, -0.2) is 42.5 Å². The van der Waals surface area contributed by atoms with Gasteiger partial charge in [-0.25, -0.2) is 0 Å². The molecule has 0 aromatic carbocycles. The Morgan fingerprint density at radius 1 is 1.40 bits per heavy atom. The smallest absolute Gasteiger partial charge is 0.261 e. The molecule has 0 saturated carbocycles. The zero-order valence-electron chi connectivity index (χ0n) is 11.8. The normalized spacial score (nSPS) is 11.8. The standard InChI is InChI=1S/C13H21N3O4/c1-10-4-5-11(12(14)15-18)13(17)16(10)6-3-7-20-9-8-19-2/h4-5,18H,3,6-9H2,1-2H3,(H2,14,15). The molecule has 0 fully saturated rings. The highest BCUT2D eigenvalue weighted by atomic mass is 16.5. The van der Waals surface area contributed by atoms with Crippen molar-refractivity contribution in [2.24, 2.45) is 10.9 Å². The van der Waals surface area contributed by atoms with Crippen molar-refractivity contribution in [2.75, 3.05) is 26.9 Å². The monoisotopic (exact) mass is 283 g/mol. The number of ether oxygens (including phenoxy) is 2. The second-order valence-electron chi connectivity index (χ2n) is 4.29. The van der Waals surface area contributed by atoms with Gasteiger partial charge in [0.15, 0.2) is 5.84 Å². The number of nitrogens with two attached hydrogens (primary N) is 1. The Hall–Kier alpha value is -1.86. The summed E-state index contributed by atoms with van der Waals surface area (Å²) in [7, 11) is 1.62. The van der Waals surface area contributed by atoms with Crippen molar-refractivity contribution >= 4 is 5.84 Å². The van der Waals surface area contributed by atoms with Gasteiger partial charge in [0.1, 0.15) is 0 Å². The maximum Gasteiger partial charge on any atom is 0.261 e. The maximum absolute atomic E-state index is 12.2. The molecule has 112 valence electrons. The van der Waals surface area contributed by atoms with Crippen LogP contribution in [0.1, 0.15) is 17.7 Å². The zero-order valence-corrected chi connectivity index (χ0v) is 11.8. The van der Waals surface area contributed by atoms with Crippen LogP contribution in [0.5, 0.6) is 0 Å². The molecule has 1 rings (SSSR count). The summed E-state index contributed by atoms with van der Waals surface area (Å²) in [4.78, 5) is 12.2. The number of pyridine rings is 1. The number of aromatic nitrogens is 1. The summed E-state index contributed by atoms with van der Waals surface area (Å²) in [5.74, 6) is -0.180. The van der Waals surface area contributed by atoms with Gasteiger partial charge >= 0.3 is 0 Å². The highest BCUT2D eigenvalue weighted by molar-refractivity contribution is 5.96. The summed E-state index contributed by atoms with van der Waals surface area (Å²) in [5, 5.41) is 11.5. The molecule has 0 spiro atoms. The van der Waals surface area contributed by atoms with E-state index >= 15 is 0 Å². The molecule has 0 amide bonds. The summed E-state index contributed by atoms with van der Waals surface area (Å²) >= 11 is 0. The lowest BCUT2D eigenvalue weighted by atomic mass is 10.2. The number of rotatable bonds is 8. The van der Waals surface area contributed by atoms with Gasteiger partial charge in [0.2, 0.25) is 0 Å². The Morgan fingerprint density at radius 3 is 2.80 bits per heavy atom. The lowest BCUT2D eigenvalue weighted by Gasteiger charge is -2.11. The number of oxime groups is 1. The van der Waals surface area contributed by atoms with Crippen LogP contribution in [-0.2, 0) is 16.0 Å². The first-order valence-corrected chi connectivity index (χ1v) is 6.36. The third-order valence-corrected chi connectivity index (χ3v) is 2.88. The fourth-order valence-corrected chi connectivity index (χ4v) is 1.77. The van der Waals surface area contributed by atoms with E-state index in [0.29, 0.717) is 32.8 Å². The van der Waals surface area contributed by atoms with Crippen LogP contribution < -0.4 is 11.3 Å². The molecule has 0 aliphatic carbocycles. The van der Waals surface area contributed by atoms with Crippen molar-refractivity contribution in [1.29, 1.82) is 0 Å². The van der Waals surface area contributed by atoms with Crippen LogP contribution in [0.2, 0.25) is 0 Å². The minimum absolute atomic E-state index is 0.180. The molecule has 0 radical (unpaired) electrons. The van der Waals surface area contributed by atoms with Crippen LogP contribution in [0.4, 0.5) is 0 Å². The number of hydrogen-bond acceptors (Lipinski definition) is 5. The predicted molar refractivity (Wildman–Crippen MR) is 75.3 cm³/mol. The van der Waals surface area contributed by atoms with E-state index in [1.807, 2.05) is 6.92 Å². The first-order valence-electron chi connectivity index (χ1n) is 6.36. The van der Waals surface area contributed by atoms with Crippen molar-refractivity contribution in [3.8, 4) is 0 Å². The second kappa shape index (κ2) is 8.34. The molecular weight excluding hydrogens is 262 g/mol. The third-order valence-electron chi connectivity index (χ3n) is 2.88. The average molecular weight is 283 g/mol. The third kappa shape index (κ3) is 4.36. The molecule has 0 atom stereocenters. The van der Waals surface area contributed by atoms with Gasteiger partial charge in [-0.1, -0.05) is 5.16 Å². The van der Waals surface area contributed by atoms with Gasteiger partial charge in [-0.2, -0.15) is 0 Å². The van der Waals surface area contributed by atoms with Gasteiger partial charge in [-0.15, -0.1) is 0 Å². The zero-order chi connectivity index (χ0) is 15.0. The Labute approximate surface area is 117 Å². The Bertz CT molecular complexity index is 511. The molecule has 0 saturated heterocycles. The lowest BCUT2D eigenvalue weighted by Crippen LogP contribution is -2.31. The topological polar surface area (TPSA) is 99.1 Å². The van der Waals surface area contributed by atoms with Crippen LogP contribution in [0.15, 0.2) is 22.1 Å². The highest BCUT2D eigenvalue weighted by Gasteiger charge is 2.09. The molecule has 3 N–H and O–H groups in total. The predicted octanol–water partition coefficient (Wildman–Crippen LogP) is 0.304.